The number of Topliss-reactive ketones (excluding diaryl/α,β-unsaturated/α-hetero) is 1. The van der Waals surface area contributed by atoms with E-state index in [1.54, 1.807) is 17.5 Å². The number of carbonyl (C=O) groups is 2. The average Bonchev–Trinajstić information content (AvgIpc) is 3.47. The summed E-state index contributed by atoms with van der Waals surface area (Å²) in [6, 6.07) is 14.2. The average molecular weight is 525 g/mol. The Morgan fingerprint density at radius 3 is 2.69 bits per heavy atom. The Hall–Kier alpha value is -2.81. The van der Waals surface area contributed by atoms with Gasteiger partial charge in [0, 0.05) is 4.47 Å². The minimum absolute atomic E-state index is 0.0720. The topological polar surface area (TPSA) is 70.5 Å². The maximum atomic E-state index is 13.4. The van der Waals surface area contributed by atoms with Crippen LogP contribution >= 0.6 is 38.6 Å². The number of benzene rings is 2. The monoisotopic (exact) mass is 524 g/mol. The molecule has 1 aliphatic heterocycles. The quantitative estimate of drug-likeness (QED) is 0.308. The summed E-state index contributed by atoms with van der Waals surface area (Å²) >= 11 is 6.14. The zero-order valence-electron chi connectivity index (χ0n) is 17.1. The van der Waals surface area contributed by atoms with Gasteiger partial charge in [-0.3, -0.25) is 14.5 Å². The van der Waals surface area contributed by atoms with Crippen molar-refractivity contribution in [3.8, 4) is 0 Å². The van der Waals surface area contributed by atoms with E-state index in [-0.39, 0.29) is 11.4 Å². The lowest BCUT2D eigenvalue weighted by atomic mass is 9.95. The Labute approximate surface area is 200 Å². The molecule has 5 nitrogen and oxygen atoms in total. The third kappa shape index (κ3) is 3.39. The van der Waals surface area contributed by atoms with Crippen LogP contribution in [0.3, 0.4) is 0 Å². The molecule has 2 aromatic carbocycles. The second kappa shape index (κ2) is 7.95. The molecule has 5 rings (SSSR count). The van der Waals surface area contributed by atoms with E-state index in [4.69, 9.17) is 4.98 Å². The summed E-state index contributed by atoms with van der Waals surface area (Å²) in [5.41, 5.74) is 3.72. The van der Waals surface area contributed by atoms with Gasteiger partial charge in [0.05, 0.1) is 26.7 Å². The number of carbonyl (C=O) groups excluding carboxylic acids is 2. The molecule has 1 atom stereocenters. The number of amides is 1. The van der Waals surface area contributed by atoms with E-state index in [1.165, 1.54) is 27.6 Å². The summed E-state index contributed by atoms with van der Waals surface area (Å²) in [6.45, 7) is 4.00. The number of aliphatic hydroxyl groups excluding tert-OH is 1. The SMILES string of the molecule is Cc1cc(C)c2nc(N3C(=O)C(O)=C(C(=O)c4cccs4)[C@@H]3c3cccc(Br)c3)sc2c1. The second-order valence-electron chi connectivity index (χ2n) is 7.63. The first-order valence-corrected chi connectivity index (χ1v) is 12.3. The maximum absolute atomic E-state index is 13.4. The van der Waals surface area contributed by atoms with E-state index >= 15 is 0 Å². The van der Waals surface area contributed by atoms with Gasteiger partial charge in [0.1, 0.15) is 0 Å². The van der Waals surface area contributed by atoms with Gasteiger partial charge in [0.2, 0.25) is 5.78 Å². The van der Waals surface area contributed by atoms with Crippen molar-refractivity contribution in [1.29, 1.82) is 0 Å². The van der Waals surface area contributed by atoms with Crippen LogP contribution in [0.5, 0.6) is 0 Å². The molecular weight excluding hydrogens is 508 g/mol. The third-order valence-electron chi connectivity index (χ3n) is 5.39. The van der Waals surface area contributed by atoms with E-state index in [0.29, 0.717) is 15.6 Å². The first-order chi connectivity index (χ1) is 15.3. The lowest BCUT2D eigenvalue weighted by Gasteiger charge is -2.24. The Bertz CT molecular complexity index is 1420. The van der Waals surface area contributed by atoms with Gasteiger partial charge in [-0.1, -0.05) is 51.5 Å². The molecule has 32 heavy (non-hydrogen) atoms. The number of fused-ring (bicyclic) bond motifs is 1. The Balaban J connectivity index is 1.71. The minimum atomic E-state index is -0.781. The Morgan fingerprint density at radius 1 is 1.16 bits per heavy atom. The number of nitrogens with zero attached hydrogens (tertiary/aromatic N) is 2. The van der Waals surface area contributed by atoms with Crippen LogP contribution < -0.4 is 4.90 Å². The van der Waals surface area contributed by atoms with Crippen LogP contribution in [0.15, 0.2) is 69.7 Å². The van der Waals surface area contributed by atoms with Crippen LogP contribution in [0.1, 0.15) is 32.4 Å². The molecule has 0 radical (unpaired) electrons. The number of anilines is 1. The standard InChI is InChI=1S/C24H17BrN2O3S2/c1-12-9-13(2)19-17(10-12)32-24(26-19)27-20(14-5-3-6-15(25)11-14)18(22(29)23(27)30)21(28)16-7-4-8-31-16/h3-11,20,29H,1-2H3/t20-/m0/s1. The van der Waals surface area contributed by atoms with E-state index < -0.39 is 17.7 Å². The molecule has 1 aliphatic rings. The van der Waals surface area contributed by atoms with Crippen molar-refractivity contribution in [2.24, 2.45) is 0 Å². The molecule has 4 aromatic rings. The molecular formula is C24H17BrN2O3S2. The number of ketones is 1. The normalized spacial score (nSPS) is 16.4. The highest BCUT2D eigenvalue weighted by Crippen LogP contribution is 2.45. The predicted octanol–water partition coefficient (Wildman–Crippen LogP) is 6.52. The fourth-order valence-electron chi connectivity index (χ4n) is 4.03. The number of aryl methyl sites for hydroxylation is 2. The van der Waals surface area contributed by atoms with Crippen molar-refractivity contribution < 1.29 is 14.7 Å². The van der Waals surface area contributed by atoms with E-state index in [0.717, 1.165) is 25.8 Å². The molecule has 0 spiro atoms. The number of halogens is 1. The zero-order valence-corrected chi connectivity index (χ0v) is 20.3. The van der Waals surface area contributed by atoms with Crippen LogP contribution in [0, 0.1) is 13.8 Å². The Kier molecular flexibility index (Phi) is 5.23. The predicted molar refractivity (Wildman–Crippen MR) is 132 cm³/mol. The number of hydrogen-bond donors (Lipinski definition) is 1. The second-order valence-corrected chi connectivity index (χ2v) is 10.5. The number of thiophene rings is 1. The van der Waals surface area contributed by atoms with Crippen LogP contribution in [0.2, 0.25) is 0 Å². The molecule has 1 N–H and O–H groups in total. The summed E-state index contributed by atoms with van der Waals surface area (Å²) in [7, 11) is 0. The van der Waals surface area contributed by atoms with Gasteiger partial charge in [-0.05, 0) is 60.2 Å². The van der Waals surface area contributed by atoms with Crippen molar-refractivity contribution in [1.82, 2.24) is 4.98 Å². The lowest BCUT2D eigenvalue weighted by molar-refractivity contribution is -0.117. The molecule has 2 aromatic heterocycles. The molecule has 3 heterocycles. The first-order valence-electron chi connectivity index (χ1n) is 9.83. The fraction of sp³-hybridized carbons (Fsp3) is 0.125. The molecule has 0 aliphatic carbocycles. The summed E-state index contributed by atoms with van der Waals surface area (Å²) in [5.74, 6) is -1.50. The molecule has 160 valence electrons. The van der Waals surface area contributed by atoms with Gasteiger partial charge in [-0.15, -0.1) is 11.3 Å². The van der Waals surface area contributed by atoms with Gasteiger partial charge >= 0.3 is 0 Å². The summed E-state index contributed by atoms with van der Waals surface area (Å²) < 4.78 is 1.77. The summed E-state index contributed by atoms with van der Waals surface area (Å²) in [6.07, 6.45) is 0. The van der Waals surface area contributed by atoms with Crippen molar-refractivity contribution in [3.05, 3.63) is 91.3 Å². The van der Waals surface area contributed by atoms with Crippen molar-refractivity contribution in [2.75, 3.05) is 4.90 Å². The molecule has 0 saturated carbocycles. The van der Waals surface area contributed by atoms with Gasteiger partial charge < -0.3 is 5.11 Å². The first kappa shape index (κ1) is 21.1. The van der Waals surface area contributed by atoms with Crippen LogP contribution in [0.25, 0.3) is 10.2 Å². The van der Waals surface area contributed by atoms with E-state index in [9.17, 15) is 14.7 Å². The number of hydrogen-bond acceptors (Lipinski definition) is 6. The largest absolute Gasteiger partial charge is 0.503 e. The highest BCUT2D eigenvalue weighted by atomic mass is 79.9. The minimum Gasteiger partial charge on any atom is -0.503 e. The van der Waals surface area contributed by atoms with Gasteiger partial charge in [-0.2, -0.15) is 0 Å². The van der Waals surface area contributed by atoms with Gasteiger partial charge in [0.25, 0.3) is 5.91 Å². The van der Waals surface area contributed by atoms with Crippen LogP contribution in [-0.2, 0) is 4.79 Å². The molecule has 0 unspecified atom stereocenters. The fourth-order valence-corrected chi connectivity index (χ4v) is 6.29. The van der Waals surface area contributed by atoms with Crippen molar-refractivity contribution in [3.63, 3.8) is 0 Å². The number of thiazole rings is 1. The van der Waals surface area contributed by atoms with Crippen molar-refractivity contribution >= 4 is 65.6 Å². The number of rotatable bonds is 4. The Morgan fingerprint density at radius 2 is 1.97 bits per heavy atom. The maximum Gasteiger partial charge on any atom is 0.296 e. The highest BCUT2D eigenvalue weighted by Gasteiger charge is 2.46. The molecule has 0 saturated heterocycles. The third-order valence-corrected chi connectivity index (χ3v) is 7.75. The van der Waals surface area contributed by atoms with Gasteiger partial charge in [-0.25, -0.2) is 4.98 Å². The highest BCUT2D eigenvalue weighted by molar-refractivity contribution is 9.10. The summed E-state index contributed by atoms with van der Waals surface area (Å²) in [4.78, 5) is 33.3. The zero-order chi connectivity index (χ0) is 22.6. The molecule has 0 bridgehead atoms. The van der Waals surface area contributed by atoms with Gasteiger partial charge in [0.15, 0.2) is 10.9 Å². The van der Waals surface area contributed by atoms with E-state index in [1.807, 2.05) is 50.2 Å². The van der Waals surface area contributed by atoms with Crippen LogP contribution in [0.4, 0.5) is 5.13 Å². The van der Waals surface area contributed by atoms with Crippen molar-refractivity contribution in [2.45, 2.75) is 19.9 Å². The molecule has 8 heteroatoms. The number of aromatic nitrogens is 1. The van der Waals surface area contributed by atoms with Crippen LogP contribution in [-0.4, -0.2) is 21.8 Å². The molecule has 1 amide bonds. The smallest absolute Gasteiger partial charge is 0.296 e. The summed E-state index contributed by atoms with van der Waals surface area (Å²) in [5, 5.41) is 13.1. The lowest BCUT2D eigenvalue weighted by Crippen LogP contribution is -2.30. The van der Waals surface area contributed by atoms with E-state index in [2.05, 4.69) is 15.9 Å². The molecule has 0 fully saturated rings. The number of aliphatic hydroxyl groups is 1.